The number of likely N-dealkylation sites (tertiary alicyclic amines) is 1. The van der Waals surface area contributed by atoms with Gasteiger partial charge >= 0.3 is 5.97 Å². The Hall–Kier alpha value is -2.57. The third-order valence-corrected chi connectivity index (χ3v) is 5.41. The monoisotopic (exact) mass is 402 g/mol. The number of benzene rings is 1. The second-order valence-electron chi connectivity index (χ2n) is 7.36. The standard InChI is InChI=1S/C22H34N4O3/c1-6-23-22(26-14-16(4)19(15-26)21(28)29-5)24-13-17-9-11-18(12-10-17)20(27)25(7-2)8-3/h9-12,16,19H,6-8,13-15H2,1-5H3,(H,23,24). The van der Waals surface area contributed by atoms with Gasteiger partial charge in [-0.25, -0.2) is 4.99 Å². The number of hydrogen-bond acceptors (Lipinski definition) is 4. The molecule has 2 atom stereocenters. The SMILES string of the molecule is CCNC(=NCc1ccc(C(=O)N(CC)CC)cc1)N1CC(C)C(C(=O)OC)C1. The maximum atomic E-state index is 12.4. The second kappa shape index (κ2) is 10.8. The van der Waals surface area contributed by atoms with Gasteiger partial charge in [-0.3, -0.25) is 9.59 Å². The van der Waals surface area contributed by atoms with Crippen LogP contribution >= 0.6 is 0 Å². The van der Waals surface area contributed by atoms with Crippen LogP contribution in [0.25, 0.3) is 0 Å². The molecule has 0 radical (unpaired) electrons. The van der Waals surface area contributed by atoms with Crippen LogP contribution in [0.5, 0.6) is 0 Å². The molecule has 29 heavy (non-hydrogen) atoms. The minimum absolute atomic E-state index is 0.0540. The van der Waals surface area contributed by atoms with E-state index in [0.717, 1.165) is 24.6 Å². The van der Waals surface area contributed by atoms with Crippen molar-refractivity contribution in [1.29, 1.82) is 0 Å². The molecule has 1 aliphatic heterocycles. The van der Waals surface area contributed by atoms with E-state index in [1.54, 1.807) is 0 Å². The van der Waals surface area contributed by atoms with Gasteiger partial charge in [0.05, 0.1) is 19.6 Å². The van der Waals surface area contributed by atoms with Crippen LogP contribution in [0.2, 0.25) is 0 Å². The van der Waals surface area contributed by atoms with Crippen molar-refractivity contribution in [2.24, 2.45) is 16.8 Å². The van der Waals surface area contributed by atoms with E-state index in [9.17, 15) is 9.59 Å². The zero-order valence-corrected chi connectivity index (χ0v) is 18.3. The van der Waals surface area contributed by atoms with E-state index < -0.39 is 0 Å². The second-order valence-corrected chi connectivity index (χ2v) is 7.36. The summed E-state index contributed by atoms with van der Waals surface area (Å²) in [6.07, 6.45) is 0. The number of methoxy groups -OCH3 is 1. The van der Waals surface area contributed by atoms with Gasteiger partial charge in [0.1, 0.15) is 0 Å². The number of carbonyl (C=O) groups excluding carboxylic acids is 2. The van der Waals surface area contributed by atoms with Crippen LogP contribution in [0.15, 0.2) is 29.3 Å². The lowest BCUT2D eigenvalue weighted by molar-refractivity contribution is -0.145. The summed E-state index contributed by atoms with van der Waals surface area (Å²) in [5, 5.41) is 3.32. The molecule has 1 N–H and O–H groups in total. The Morgan fingerprint density at radius 1 is 1.17 bits per heavy atom. The number of ether oxygens (including phenoxy) is 1. The molecule has 0 aromatic heterocycles. The molecular weight excluding hydrogens is 368 g/mol. The van der Waals surface area contributed by atoms with E-state index in [0.29, 0.717) is 31.7 Å². The summed E-state index contributed by atoms with van der Waals surface area (Å²) >= 11 is 0. The van der Waals surface area contributed by atoms with Crippen molar-refractivity contribution in [2.45, 2.75) is 34.2 Å². The third-order valence-electron chi connectivity index (χ3n) is 5.41. The van der Waals surface area contributed by atoms with Gasteiger partial charge in [0.25, 0.3) is 5.91 Å². The van der Waals surface area contributed by atoms with Crippen molar-refractivity contribution in [3.05, 3.63) is 35.4 Å². The molecule has 7 heteroatoms. The van der Waals surface area contributed by atoms with E-state index >= 15 is 0 Å². The molecule has 1 amide bonds. The van der Waals surface area contributed by atoms with Crippen molar-refractivity contribution >= 4 is 17.8 Å². The highest BCUT2D eigenvalue weighted by Gasteiger charge is 2.36. The van der Waals surface area contributed by atoms with Crippen molar-refractivity contribution in [1.82, 2.24) is 15.1 Å². The van der Waals surface area contributed by atoms with E-state index in [4.69, 9.17) is 9.73 Å². The van der Waals surface area contributed by atoms with Gasteiger partial charge in [0, 0.05) is 38.3 Å². The average Bonchev–Trinajstić information content (AvgIpc) is 3.13. The fourth-order valence-corrected chi connectivity index (χ4v) is 3.64. The Bertz CT molecular complexity index is 713. The molecule has 160 valence electrons. The quantitative estimate of drug-likeness (QED) is 0.431. The number of aliphatic imine (C=N–C) groups is 1. The van der Waals surface area contributed by atoms with E-state index in [-0.39, 0.29) is 23.7 Å². The van der Waals surface area contributed by atoms with Crippen molar-refractivity contribution in [2.75, 3.05) is 39.8 Å². The molecule has 2 rings (SSSR count). The van der Waals surface area contributed by atoms with E-state index in [1.807, 2.05) is 49.9 Å². The summed E-state index contributed by atoms with van der Waals surface area (Å²) in [6.45, 7) is 12.1. The Balaban J connectivity index is 2.07. The summed E-state index contributed by atoms with van der Waals surface area (Å²) in [5.41, 5.74) is 1.73. The Morgan fingerprint density at radius 3 is 2.38 bits per heavy atom. The van der Waals surface area contributed by atoms with E-state index in [1.165, 1.54) is 7.11 Å². The lowest BCUT2D eigenvalue weighted by Gasteiger charge is -2.21. The highest BCUT2D eigenvalue weighted by atomic mass is 16.5. The highest BCUT2D eigenvalue weighted by molar-refractivity contribution is 5.94. The Kier molecular flexibility index (Phi) is 8.49. The Morgan fingerprint density at radius 2 is 1.83 bits per heavy atom. The molecule has 7 nitrogen and oxygen atoms in total. The number of rotatable bonds is 7. The molecule has 0 aliphatic carbocycles. The van der Waals surface area contributed by atoms with Gasteiger partial charge in [-0.1, -0.05) is 19.1 Å². The van der Waals surface area contributed by atoms with Crippen LogP contribution in [-0.2, 0) is 16.1 Å². The first-order valence-corrected chi connectivity index (χ1v) is 10.4. The fraction of sp³-hybridized carbons (Fsp3) is 0.591. The van der Waals surface area contributed by atoms with Gasteiger partial charge in [-0.15, -0.1) is 0 Å². The number of guanidine groups is 1. The fourth-order valence-electron chi connectivity index (χ4n) is 3.64. The topological polar surface area (TPSA) is 74.2 Å². The van der Waals surface area contributed by atoms with Crippen molar-refractivity contribution in [3.63, 3.8) is 0 Å². The van der Waals surface area contributed by atoms with Gasteiger partial charge in [-0.05, 0) is 44.4 Å². The summed E-state index contributed by atoms with van der Waals surface area (Å²) < 4.78 is 4.93. The lowest BCUT2D eigenvalue weighted by atomic mass is 9.99. The molecule has 1 aliphatic rings. The van der Waals surface area contributed by atoms with Gasteiger partial charge in [-0.2, -0.15) is 0 Å². The van der Waals surface area contributed by atoms with Gasteiger partial charge in [0.15, 0.2) is 5.96 Å². The zero-order valence-electron chi connectivity index (χ0n) is 18.3. The first-order valence-electron chi connectivity index (χ1n) is 10.4. The maximum absolute atomic E-state index is 12.4. The molecule has 0 spiro atoms. The van der Waals surface area contributed by atoms with Crippen LogP contribution in [0.3, 0.4) is 0 Å². The molecule has 1 saturated heterocycles. The molecule has 1 heterocycles. The normalized spacial score (nSPS) is 19.2. The van der Waals surface area contributed by atoms with Gasteiger partial charge in [0.2, 0.25) is 0 Å². The number of esters is 1. The first-order chi connectivity index (χ1) is 13.9. The van der Waals surface area contributed by atoms with Crippen LogP contribution in [0.4, 0.5) is 0 Å². The summed E-state index contributed by atoms with van der Waals surface area (Å²) in [5.74, 6) is 0.780. The molecular formula is C22H34N4O3. The highest BCUT2D eigenvalue weighted by Crippen LogP contribution is 2.24. The first kappa shape index (κ1) is 22.7. The van der Waals surface area contributed by atoms with Crippen LogP contribution < -0.4 is 5.32 Å². The summed E-state index contributed by atoms with van der Waals surface area (Å²) in [6, 6.07) is 7.63. The predicted octanol–water partition coefficient (Wildman–Crippen LogP) is 2.38. The summed E-state index contributed by atoms with van der Waals surface area (Å²) in [7, 11) is 1.44. The van der Waals surface area contributed by atoms with Crippen LogP contribution in [0.1, 0.15) is 43.6 Å². The molecule has 1 aromatic rings. The molecule has 2 unspecified atom stereocenters. The number of amides is 1. The minimum atomic E-state index is -0.163. The molecule has 0 bridgehead atoms. The molecule has 1 fully saturated rings. The predicted molar refractivity (Wildman–Crippen MR) is 115 cm³/mol. The van der Waals surface area contributed by atoms with Crippen LogP contribution in [-0.4, -0.2) is 67.5 Å². The minimum Gasteiger partial charge on any atom is -0.469 e. The molecule has 1 aromatic carbocycles. The average molecular weight is 403 g/mol. The van der Waals surface area contributed by atoms with E-state index in [2.05, 4.69) is 17.1 Å². The lowest BCUT2D eigenvalue weighted by Crippen LogP contribution is -2.40. The van der Waals surface area contributed by atoms with Gasteiger partial charge < -0.3 is 19.9 Å². The van der Waals surface area contributed by atoms with Crippen LogP contribution in [0, 0.1) is 11.8 Å². The number of carbonyl (C=O) groups is 2. The smallest absolute Gasteiger partial charge is 0.310 e. The largest absolute Gasteiger partial charge is 0.469 e. The zero-order chi connectivity index (χ0) is 21.4. The van der Waals surface area contributed by atoms with Crippen molar-refractivity contribution in [3.8, 4) is 0 Å². The molecule has 0 saturated carbocycles. The number of nitrogens with zero attached hydrogens (tertiary/aromatic N) is 3. The summed E-state index contributed by atoms with van der Waals surface area (Å²) in [4.78, 5) is 33.1. The Labute approximate surface area is 174 Å². The van der Waals surface area contributed by atoms with Crippen molar-refractivity contribution < 1.29 is 14.3 Å². The third kappa shape index (κ3) is 5.71. The maximum Gasteiger partial charge on any atom is 0.310 e. The number of hydrogen-bond donors (Lipinski definition) is 1. The number of nitrogens with one attached hydrogen (secondary N) is 1.